The molecule has 1 aromatic rings. The topological polar surface area (TPSA) is 84.5 Å². The van der Waals surface area contributed by atoms with Crippen LogP contribution in [0.25, 0.3) is 0 Å². The fraction of sp³-hybridized carbons (Fsp3) is 0.654. The zero-order valence-corrected chi connectivity index (χ0v) is 20.3. The zero-order valence-electron chi connectivity index (χ0n) is 20.3. The molecule has 0 atom stereocenters. The molecule has 0 fully saturated rings. The van der Waals surface area contributed by atoms with Gasteiger partial charge in [-0.1, -0.05) is 78.1 Å². The highest BCUT2D eigenvalue weighted by Gasteiger charge is 2.14. The summed E-state index contributed by atoms with van der Waals surface area (Å²) in [6, 6.07) is 4.80. The predicted molar refractivity (Wildman–Crippen MR) is 131 cm³/mol. The molecule has 0 radical (unpaired) electrons. The molecule has 0 aliphatic rings. The lowest BCUT2D eigenvalue weighted by atomic mass is 10.1. The van der Waals surface area contributed by atoms with Crippen LogP contribution in [0.3, 0.4) is 0 Å². The second-order valence-corrected chi connectivity index (χ2v) is 8.38. The molecule has 0 saturated heterocycles. The zero-order chi connectivity index (χ0) is 23.6. The van der Waals surface area contributed by atoms with Gasteiger partial charge in [-0.25, -0.2) is 4.79 Å². The molecule has 180 valence electrons. The molecule has 0 saturated carbocycles. The number of carbonyl (C=O) groups excluding carboxylic acids is 3. The van der Waals surface area contributed by atoms with Crippen LogP contribution >= 0.6 is 0 Å². The Hall–Kier alpha value is -2.37. The fourth-order valence-corrected chi connectivity index (χ4v) is 3.56. The molecule has 0 aliphatic carbocycles. The van der Waals surface area contributed by atoms with Crippen molar-refractivity contribution >= 4 is 29.2 Å². The Morgan fingerprint density at radius 2 is 1.16 bits per heavy atom. The van der Waals surface area contributed by atoms with Crippen LogP contribution in [0.5, 0.6) is 0 Å². The summed E-state index contributed by atoms with van der Waals surface area (Å²) in [4.78, 5) is 36.8. The largest absolute Gasteiger partial charge is 0.465 e. The standard InChI is InChI=1S/C26H42N2O4/c1-4-6-8-10-12-14-16-24(29)27-22-19-18-21(26(31)32-3)20-23(22)28-25(30)17-15-13-11-9-7-5-2/h18-20H,4-17H2,1-3H3,(H,27,29)(H,28,30). The molecule has 0 heterocycles. The maximum Gasteiger partial charge on any atom is 0.337 e. The summed E-state index contributed by atoms with van der Waals surface area (Å²) in [5.41, 5.74) is 1.27. The van der Waals surface area contributed by atoms with Crippen molar-refractivity contribution in [2.75, 3.05) is 17.7 Å². The SMILES string of the molecule is CCCCCCCCC(=O)Nc1ccc(C(=O)OC)cc1NC(=O)CCCCCCCC. The third kappa shape index (κ3) is 11.9. The van der Waals surface area contributed by atoms with Gasteiger partial charge in [-0.05, 0) is 31.0 Å². The average molecular weight is 447 g/mol. The van der Waals surface area contributed by atoms with Gasteiger partial charge < -0.3 is 15.4 Å². The monoisotopic (exact) mass is 446 g/mol. The Morgan fingerprint density at radius 3 is 1.66 bits per heavy atom. The van der Waals surface area contributed by atoms with E-state index in [1.807, 2.05) is 0 Å². The average Bonchev–Trinajstić information content (AvgIpc) is 2.79. The number of amides is 2. The van der Waals surface area contributed by atoms with Gasteiger partial charge in [0, 0.05) is 12.8 Å². The molecule has 1 aromatic carbocycles. The highest BCUT2D eigenvalue weighted by atomic mass is 16.5. The van der Waals surface area contributed by atoms with Gasteiger partial charge in [-0.3, -0.25) is 9.59 Å². The summed E-state index contributed by atoms with van der Waals surface area (Å²) in [6.07, 6.45) is 14.2. The van der Waals surface area contributed by atoms with E-state index in [9.17, 15) is 14.4 Å². The van der Waals surface area contributed by atoms with E-state index in [4.69, 9.17) is 4.74 Å². The van der Waals surface area contributed by atoms with Crippen LogP contribution in [0.2, 0.25) is 0 Å². The number of hydrogen-bond donors (Lipinski definition) is 2. The Balaban J connectivity index is 2.64. The van der Waals surface area contributed by atoms with Crippen LogP contribution in [0, 0.1) is 0 Å². The van der Waals surface area contributed by atoms with E-state index in [0.717, 1.165) is 38.5 Å². The number of methoxy groups -OCH3 is 1. The Morgan fingerprint density at radius 1 is 0.688 bits per heavy atom. The fourth-order valence-electron chi connectivity index (χ4n) is 3.56. The van der Waals surface area contributed by atoms with Gasteiger partial charge in [0.25, 0.3) is 0 Å². The van der Waals surface area contributed by atoms with Gasteiger partial charge in [0.05, 0.1) is 24.0 Å². The number of nitrogens with one attached hydrogen (secondary N) is 2. The highest BCUT2D eigenvalue weighted by Crippen LogP contribution is 2.25. The minimum absolute atomic E-state index is 0.0854. The molecule has 6 heteroatoms. The van der Waals surface area contributed by atoms with Gasteiger partial charge >= 0.3 is 5.97 Å². The molecule has 32 heavy (non-hydrogen) atoms. The van der Waals surface area contributed by atoms with E-state index >= 15 is 0 Å². The number of benzene rings is 1. The number of rotatable bonds is 17. The van der Waals surface area contributed by atoms with Crippen LogP contribution in [-0.2, 0) is 14.3 Å². The number of ether oxygens (including phenoxy) is 1. The van der Waals surface area contributed by atoms with Crippen molar-refractivity contribution in [1.82, 2.24) is 0 Å². The summed E-state index contributed by atoms with van der Waals surface area (Å²) in [7, 11) is 1.31. The molecule has 2 N–H and O–H groups in total. The number of unbranched alkanes of at least 4 members (excludes halogenated alkanes) is 10. The molecule has 0 bridgehead atoms. The second-order valence-electron chi connectivity index (χ2n) is 8.38. The van der Waals surface area contributed by atoms with Gasteiger partial charge in [0.1, 0.15) is 0 Å². The number of hydrogen-bond acceptors (Lipinski definition) is 4. The first-order chi connectivity index (χ1) is 15.5. The lowest BCUT2D eigenvalue weighted by Gasteiger charge is -2.14. The van der Waals surface area contributed by atoms with Crippen LogP contribution in [0.1, 0.15) is 114 Å². The second kappa shape index (κ2) is 17.2. The van der Waals surface area contributed by atoms with Gasteiger partial charge in [0.2, 0.25) is 11.8 Å². The molecular weight excluding hydrogens is 404 g/mol. The van der Waals surface area contributed by atoms with E-state index in [1.54, 1.807) is 18.2 Å². The molecule has 0 aliphatic heterocycles. The number of esters is 1. The maximum absolute atomic E-state index is 12.4. The molecule has 0 aromatic heterocycles. The van der Waals surface area contributed by atoms with Crippen molar-refractivity contribution in [3.8, 4) is 0 Å². The summed E-state index contributed by atoms with van der Waals surface area (Å²) in [5, 5.41) is 5.75. The summed E-state index contributed by atoms with van der Waals surface area (Å²) < 4.78 is 4.78. The summed E-state index contributed by atoms with van der Waals surface area (Å²) >= 11 is 0. The van der Waals surface area contributed by atoms with Crippen molar-refractivity contribution in [3.63, 3.8) is 0 Å². The first-order valence-corrected chi connectivity index (χ1v) is 12.3. The normalized spacial score (nSPS) is 10.6. The first-order valence-electron chi connectivity index (χ1n) is 12.3. The van der Waals surface area contributed by atoms with Crippen LogP contribution in [-0.4, -0.2) is 24.9 Å². The smallest absolute Gasteiger partial charge is 0.337 e. The van der Waals surface area contributed by atoms with Crippen molar-refractivity contribution in [2.24, 2.45) is 0 Å². The number of carbonyl (C=O) groups is 3. The summed E-state index contributed by atoms with van der Waals surface area (Å²) in [6.45, 7) is 4.36. The van der Waals surface area contributed by atoms with Gasteiger partial charge in [-0.15, -0.1) is 0 Å². The van der Waals surface area contributed by atoms with Gasteiger partial charge in [-0.2, -0.15) is 0 Å². The maximum atomic E-state index is 12.4. The van der Waals surface area contributed by atoms with Crippen LogP contribution < -0.4 is 10.6 Å². The van der Waals surface area contributed by atoms with E-state index in [2.05, 4.69) is 24.5 Å². The van der Waals surface area contributed by atoms with Crippen LogP contribution in [0.4, 0.5) is 11.4 Å². The molecule has 1 rings (SSSR count). The lowest BCUT2D eigenvalue weighted by molar-refractivity contribution is -0.117. The third-order valence-electron chi connectivity index (χ3n) is 5.50. The van der Waals surface area contributed by atoms with Crippen molar-refractivity contribution in [3.05, 3.63) is 23.8 Å². The minimum Gasteiger partial charge on any atom is -0.465 e. The van der Waals surface area contributed by atoms with Crippen molar-refractivity contribution < 1.29 is 19.1 Å². The molecule has 0 unspecified atom stereocenters. The Labute approximate surface area is 193 Å². The lowest BCUT2D eigenvalue weighted by Crippen LogP contribution is -2.17. The Bertz CT molecular complexity index is 703. The quantitative estimate of drug-likeness (QED) is 0.202. The Kier molecular flexibility index (Phi) is 14.9. The van der Waals surface area contributed by atoms with E-state index in [-0.39, 0.29) is 11.8 Å². The predicted octanol–water partition coefficient (Wildman–Crippen LogP) is 6.85. The third-order valence-corrected chi connectivity index (χ3v) is 5.50. The molecule has 6 nitrogen and oxygen atoms in total. The summed E-state index contributed by atoms with van der Waals surface area (Å²) in [5.74, 6) is -0.687. The van der Waals surface area contributed by atoms with E-state index in [1.165, 1.54) is 45.6 Å². The highest BCUT2D eigenvalue weighted by molar-refractivity contribution is 6.01. The molecular formula is C26H42N2O4. The molecule has 0 spiro atoms. The first kappa shape index (κ1) is 27.7. The van der Waals surface area contributed by atoms with E-state index < -0.39 is 5.97 Å². The van der Waals surface area contributed by atoms with Crippen molar-refractivity contribution in [2.45, 2.75) is 104 Å². The van der Waals surface area contributed by atoms with E-state index in [0.29, 0.717) is 29.8 Å². The van der Waals surface area contributed by atoms with Gasteiger partial charge in [0.15, 0.2) is 0 Å². The molecule has 2 amide bonds. The van der Waals surface area contributed by atoms with Crippen molar-refractivity contribution in [1.29, 1.82) is 0 Å². The van der Waals surface area contributed by atoms with Crippen LogP contribution in [0.15, 0.2) is 18.2 Å². The minimum atomic E-state index is -0.485. The number of anilines is 2.